The molecule has 6 rings (SSSR count). The fraction of sp³-hybridized carbons (Fsp3) is 0.588. The summed E-state index contributed by atoms with van der Waals surface area (Å²) in [5, 5.41) is 11.4. The normalized spacial score (nSPS) is 27.7. The highest BCUT2D eigenvalue weighted by Gasteiger charge is 2.75. The number of imidazole rings is 1. The van der Waals surface area contributed by atoms with Crippen LogP contribution in [0.4, 0.5) is 26.3 Å². The van der Waals surface area contributed by atoms with E-state index < -0.39 is 29.9 Å². The number of amides is 1. The van der Waals surface area contributed by atoms with Gasteiger partial charge in [-0.3, -0.25) is 9.69 Å². The number of carbonyl (C=O) groups is 1. The van der Waals surface area contributed by atoms with Crippen molar-refractivity contribution < 1.29 is 36.2 Å². The van der Waals surface area contributed by atoms with Gasteiger partial charge in [0.2, 0.25) is 0 Å². The number of rotatable bonds is 8. The summed E-state index contributed by atoms with van der Waals surface area (Å²) in [4.78, 5) is 19.7. The van der Waals surface area contributed by atoms with E-state index >= 15 is 0 Å². The van der Waals surface area contributed by atoms with Crippen LogP contribution in [0.5, 0.6) is 0 Å². The maximum Gasteiger partial charge on any atom is 0.435 e. The molecule has 2 bridgehead atoms. The predicted octanol–water partition coefficient (Wildman–Crippen LogP) is 7.15. The smallest absolute Gasteiger partial charge is 0.366 e. The van der Waals surface area contributed by atoms with Gasteiger partial charge in [0, 0.05) is 24.2 Å². The summed E-state index contributed by atoms with van der Waals surface area (Å²) in [6, 6.07) is 18.5. The number of alkyl halides is 6. The van der Waals surface area contributed by atoms with Crippen molar-refractivity contribution in [3.63, 3.8) is 0 Å². The van der Waals surface area contributed by atoms with Gasteiger partial charge in [0.25, 0.3) is 5.91 Å². The number of aliphatic hydroxyl groups is 1. The summed E-state index contributed by atoms with van der Waals surface area (Å²) in [7, 11) is 0. The Morgan fingerprint density at radius 2 is 1.48 bits per heavy atom. The number of halogens is 6. The van der Waals surface area contributed by atoms with Crippen LogP contribution in [0.3, 0.4) is 0 Å². The van der Waals surface area contributed by atoms with Gasteiger partial charge in [0.1, 0.15) is 5.82 Å². The second kappa shape index (κ2) is 12.2. The number of piperidine rings is 1. The maximum atomic E-state index is 13.2. The van der Waals surface area contributed by atoms with Crippen LogP contribution < -0.4 is 5.32 Å². The average molecular weight is 651 g/mol. The van der Waals surface area contributed by atoms with Crippen LogP contribution in [-0.4, -0.2) is 68.1 Å². The number of aryl methyl sites for hydroxylation is 1. The first kappa shape index (κ1) is 32.8. The second-order valence-corrected chi connectivity index (χ2v) is 13.5. The van der Waals surface area contributed by atoms with E-state index in [-0.39, 0.29) is 18.3 Å². The van der Waals surface area contributed by atoms with Crippen molar-refractivity contribution in [1.82, 2.24) is 19.8 Å². The van der Waals surface area contributed by atoms with E-state index in [1.54, 1.807) is 0 Å². The zero-order chi connectivity index (χ0) is 32.9. The fourth-order valence-corrected chi connectivity index (χ4v) is 8.54. The van der Waals surface area contributed by atoms with Crippen molar-refractivity contribution in [2.75, 3.05) is 6.54 Å². The molecule has 3 aliphatic rings. The Morgan fingerprint density at radius 1 is 0.891 bits per heavy atom. The van der Waals surface area contributed by atoms with E-state index in [9.17, 15) is 36.2 Å². The molecule has 2 N–H and O–H groups in total. The largest absolute Gasteiger partial charge is 0.435 e. The van der Waals surface area contributed by atoms with E-state index in [0.717, 1.165) is 62.0 Å². The lowest BCUT2D eigenvalue weighted by Crippen LogP contribution is -2.67. The zero-order valence-corrected chi connectivity index (χ0v) is 25.7. The van der Waals surface area contributed by atoms with Crippen LogP contribution in [0, 0.1) is 6.92 Å². The van der Waals surface area contributed by atoms with Gasteiger partial charge >= 0.3 is 18.0 Å². The molecule has 2 aromatic carbocycles. The third-order valence-electron chi connectivity index (χ3n) is 10.9. The molecule has 1 saturated carbocycles. The lowest BCUT2D eigenvalue weighted by atomic mass is 9.65. The van der Waals surface area contributed by atoms with Crippen molar-refractivity contribution in [1.29, 1.82) is 0 Å². The SMILES string of the molecule is Cc1nc2ccccc2n1C1CC2CCC(C1)N2CCCC1(c2ccccc2)CCC(NC(=O)C(O)(C(F)(F)F)C(F)(F)F)CC1. The van der Waals surface area contributed by atoms with Gasteiger partial charge in [0.05, 0.1) is 11.0 Å². The van der Waals surface area contributed by atoms with Crippen LogP contribution in [0.15, 0.2) is 54.6 Å². The van der Waals surface area contributed by atoms with Crippen LogP contribution in [-0.2, 0) is 10.2 Å². The Hall–Kier alpha value is -3.12. The van der Waals surface area contributed by atoms with Gasteiger partial charge in [0.15, 0.2) is 0 Å². The summed E-state index contributed by atoms with van der Waals surface area (Å²) in [6.45, 7) is 2.99. The summed E-state index contributed by atoms with van der Waals surface area (Å²) < 4.78 is 81.8. The molecule has 2 atom stereocenters. The highest BCUT2D eigenvalue weighted by Crippen LogP contribution is 2.47. The zero-order valence-electron chi connectivity index (χ0n) is 25.7. The van der Waals surface area contributed by atoms with Gasteiger partial charge in [-0.05, 0) is 101 Å². The first-order valence-electron chi connectivity index (χ1n) is 16.2. The van der Waals surface area contributed by atoms with E-state index in [0.29, 0.717) is 31.0 Å². The third-order valence-corrected chi connectivity index (χ3v) is 10.9. The molecule has 2 saturated heterocycles. The summed E-state index contributed by atoms with van der Waals surface area (Å²) in [6.07, 6.45) is -4.83. The van der Waals surface area contributed by atoms with Gasteiger partial charge in [-0.2, -0.15) is 26.3 Å². The van der Waals surface area contributed by atoms with Crippen molar-refractivity contribution in [2.45, 2.75) is 119 Å². The van der Waals surface area contributed by atoms with Gasteiger partial charge in [-0.1, -0.05) is 42.5 Å². The summed E-state index contributed by atoms with van der Waals surface area (Å²) in [5.41, 5.74) is -2.48. The summed E-state index contributed by atoms with van der Waals surface area (Å²) >= 11 is 0. The minimum atomic E-state index is -6.20. The quantitative estimate of drug-likeness (QED) is 0.254. The molecule has 0 radical (unpaired) electrons. The topological polar surface area (TPSA) is 70.4 Å². The summed E-state index contributed by atoms with van der Waals surface area (Å²) in [5.74, 6) is -1.43. The molecule has 250 valence electrons. The Bertz CT molecular complexity index is 1500. The second-order valence-electron chi connectivity index (χ2n) is 13.5. The highest BCUT2D eigenvalue weighted by atomic mass is 19.4. The number of aromatic nitrogens is 2. The van der Waals surface area contributed by atoms with E-state index in [4.69, 9.17) is 4.98 Å². The van der Waals surface area contributed by atoms with Gasteiger partial charge in [-0.15, -0.1) is 0 Å². The van der Waals surface area contributed by atoms with E-state index in [1.165, 1.54) is 5.52 Å². The highest BCUT2D eigenvalue weighted by molar-refractivity contribution is 5.87. The lowest BCUT2D eigenvalue weighted by Gasteiger charge is -2.43. The number of hydrogen-bond acceptors (Lipinski definition) is 4. The standard InChI is InChI=1S/C34H40F6N4O2/c1-22-41-28-10-5-6-11-29(28)44(22)27-20-25-12-13-26(21-27)43(25)19-7-16-31(23-8-3-2-4-9-23)17-14-24(15-18-31)42-30(45)32(46,33(35,36)37)34(38,39)40/h2-6,8-11,24-27,46H,7,12-21H2,1H3,(H,42,45). The predicted molar refractivity (Wildman–Crippen MR) is 161 cm³/mol. The van der Waals surface area contributed by atoms with Crippen molar-refractivity contribution in [3.8, 4) is 0 Å². The molecule has 3 heterocycles. The molecule has 12 heteroatoms. The monoisotopic (exact) mass is 650 g/mol. The fourth-order valence-electron chi connectivity index (χ4n) is 8.54. The molecular weight excluding hydrogens is 610 g/mol. The Balaban J connectivity index is 1.10. The number of nitrogens with zero attached hydrogens (tertiary/aromatic N) is 3. The number of fused-ring (bicyclic) bond motifs is 3. The van der Waals surface area contributed by atoms with Crippen LogP contribution >= 0.6 is 0 Å². The van der Waals surface area contributed by atoms with Gasteiger partial charge in [-0.25, -0.2) is 4.98 Å². The Labute approximate surface area is 264 Å². The minimum Gasteiger partial charge on any atom is -0.366 e. The van der Waals surface area contributed by atoms with Crippen molar-refractivity contribution in [3.05, 3.63) is 66.0 Å². The van der Waals surface area contributed by atoms with E-state index in [1.807, 2.05) is 41.7 Å². The van der Waals surface area contributed by atoms with Crippen molar-refractivity contribution >= 4 is 16.9 Å². The first-order valence-corrected chi connectivity index (χ1v) is 16.2. The molecular formula is C34H40F6N4O2. The average Bonchev–Trinajstić information content (AvgIpc) is 3.46. The molecule has 3 fully saturated rings. The molecule has 1 amide bonds. The van der Waals surface area contributed by atoms with Crippen LogP contribution in [0.25, 0.3) is 11.0 Å². The molecule has 1 aromatic heterocycles. The van der Waals surface area contributed by atoms with Crippen LogP contribution in [0.2, 0.25) is 0 Å². The molecule has 2 unspecified atom stereocenters. The van der Waals surface area contributed by atoms with E-state index in [2.05, 4.69) is 34.6 Å². The molecule has 6 nitrogen and oxygen atoms in total. The Kier molecular flexibility index (Phi) is 8.67. The third kappa shape index (κ3) is 5.80. The first-order chi connectivity index (χ1) is 21.7. The van der Waals surface area contributed by atoms with Crippen LogP contribution in [0.1, 0.15) is 81.6 Å². The molecule has 1 aliphatic carbocycles. The number of para-hydroxylation sites is 2. The number of carbonyl (C=O) groups excluding carboxylic acids is 1. The molecule has 3 aromatic rings. The van der Waals surface area contributed by atoms with Gasteiger partial charge < -0.3 is 15.0 Å². The number of benzene rings is 2. The molecule has 46 heavy (non-hydrogen) atoms. The minimum absolute atomic E-state index is 0.210. The Morgan fingerprint density at radius 3 is 2.09 bits per heavy atom. The molecule has 0 spiro atoms. The van der Waals surface area contributed by atoms with Crippen molar-refractivity contribution in [2.24, 2.45) is 0 Å². The number of nitrogens with one attached hydrogen (secondary N) is 1. The molecule has 2 aliphatic heterocycles. The maximum absolute atomic E-state index is 13.2. The lowest BCUT2D eigenvalue weighted by molar-refractivity contribution is -0.350. The number of hydrogen-bond donors (Lipinski definition) is 2.